The van der Waals surface area contributed by atoms with Crippen LogP contribution >= 0.6 is 23.2 Å². The van der Waals surface area contributed by atoms with Crippen molar-refractivity contribution in [1.29, 1.82) is 0 Å². The molecule has 0 atom stereocenters. The maximum absolute atomic E-state index is 11.7. The Hall–Kier alpha value is -0.790. The third-order valence-electron chi connectivity index (χ3n) is 2.06. The van der Waals surface area contributed by atoms with Gasteiger partial charge in [-0.05, 0) is 25.0 Å². The summed E-state index contributed by atoms with van der Waals surface area (Å²) < 4.78 is 0. The summed E-state index contributed by atoms with van der Waals surface area (Å²) in [5, 5.41) is 0.772. The summed E-state index contributed by atoms with van der Waals surface area (Å²) in [7, 11) is 0. The van der Waals surface area contributed by atoms with Crippen molar-refractivity contribution in [3.8, 4) is 0 Å². The molecule has 0 heterocycles. The average molecular weight is 243 g/mol. The lowest BCUT2D eigenvalue weighted by molar-refractivity contribution is 0.0980. The molecule has 0 aliphatic carbocycles. The van der Waals surface area contributed by atoms with Crippen LogP contribution in [0, 0.1) is 0 Å². The fourth-order valence-electron chi connectivity index (χ4n) is 1.26. The van der Waals surface area contributed by atoms with E-state index in [-0.39, 0.29) is 5.78 Å². The van der Waals surface area contributed by atoms with Crippen LogP contribution in [0.1, 0.15) is 29.6 Å². The van der Waals surface area contributed by atoms with E-state index in [1.165, 1.54) is 0 Å². The number of ketones is 1. The second-order valence-corrected chi connectivity index (χ2v) is 3.99. The first kappa shape index (κ1) is 12.3. The van der Waals surface area contributed by atoms with Crippen LogP contribution < -0.4 is 0 Å². The summed E-state index contributed by atoms with van der Waals surface area (Å²) in [4.78, 5) is 11.7. The van der Waals surface area contributed by atoms with Crippen LogP contribution in [0.15, 0.2) is 30.9 Å². The van der Waals surface area contributed by atoms with Crippen LogP contribution in [-0.4, -0.2) is 5.78 Å². The molecule has 0 spiro atoms. The number of hydrogen-bond acceptors (Lipinski definition) is 1. The van der Waals surface area contributed by atoms with Gasteiger partial charge in [-0.25, -0.2) is 0 Å². The maximum atomic E-state index is 11.7. The molecular weight excluding hydrogens is 231 g/mol. The Balaban J connectivity index is 2.73. The lowest BCUT2D eigenvalue weighted by Gasteiger charge is -2.03. The average Bonchev–Trinajstić information content (AvgIpc) is 2.22. The van der Waals surface area contributed by atoms with Gasteiger partial charge in [0.1, 0.15) is 0 Å². The molecule has 0 unspecified atom stereocenters. The molecule has 0 aliphatic heterocycles. The Bertz CT molecular complexity index is 372. The van der Waals surface area contributed by atoms with Gasteiger partial charge in [-0.15, -0.1) is 6.58 Å². The summed E-state index contributed by atoms with van der Waals surface area (Å²) in [6.45, 7) is 3.60. The zero-order chi connectivity index (χ0) is 11.3. The number of benzene rings is 1. The predicted octanol–water partition coefficient (Wildman–Crippen LogP) is 4.53. The summed E-state index contributed by atoms with van der Waals surface area (Å²) in [5.74, 6) is 0.0318. The molecular formula is C12H12Cl2O. The molecule has 0 bridgehead atoms. The second kappa shape index (κ2) is 5.94. The van der Waals surface area contributed by atoms with E-state index in [2.05, 4.69) is 6.58 Å². The highest BCUT2D eigenvalue weighted by Gasteiger charge is 2.11. The first-order valence-corrected chi connectivity index (χ1v) is 5.50. The van der Waals surface area contributed by atoms with Crippen molar-refractivity contribution in [1.82, 2.24) is 0 Å². The van der Waals surface area contributed by atoms with Crippen molar-refractivity contribution < 1.29 is 4.79 Å². The highest BCUT2D eigenvalue weighted by molar-refractivity contribution is 6.43. The lowest BCUT2D eigenvalue weighted by atomic mass is 10.1. The van der Waals surface area contributed by atoms with Crippen LogP contribution in [0.5, 0.6) is 0 Å². The maximum Gasteiger partial charge on any atom is 0.164 e. The number of Topliss-reactive ketones (excluding diaryl/α,β-unsaturated/α-hetero) is 1. The van der Waals surface area contributed by atoms with E-state index in [9.17, 15) is 4.79 Å². The summed E-state index contributed by atoms with van der Waals surface area (Å²) in [6, 6.07) is 5.10. The Morgan fingerprint density at radius 2 is 2.13 bits per heavy atom. The van der Waals surface area contributed by atoms with Gasteiger partial charge in [-0.3, -0.25) is 4.79 Å². The SMILES string of the molecule is C=CCCCC(=O)c1cccc(Cl)c1Cl. The molecule has 15 heavy (non-hydrogen) atoms. The van der Waals surface area contributed by atoms with Crippen molar-refractivity contribution >= 4 is 29.0 Å². The highest BCUT2D eigenvalue weighted by Crippen LogP contribution is 2.26. The smallest absolute Gasteiger partial charge is 0.164 e. The number of carbonyl (C=O) groups excluding carboxylic acids is 1. The van der Waals surface area contributed by atoms with Gasteiger partial charge in [0.25, 0.3) is 0 Å². The summed E-state index contributed by atoms with van der Waals surface area (Å²) >= 11 is 11.7. The molecule has 0 aliphatic rings. The largest absolute Gasteiger partial charge is 0.294 e. The van der Waals surface area contributed by atoms with Gasteiger partial charge in [0.2, 0.25) is 0 Å². The minimum Gasteiger partial charge on any atom is -0.294 e. The van der Waals surface area contributed by atoms with Crippen LogP contribution in [0.4, 0.5) is 0 Å². The monoisotopic (exact) mass is 242 g/mol. The van der Waals surface area contributed by atoms with Gasteiger partial charge in [-0.2, -0.15) is 0 Å². The molecule has 0 aromatic heterocycles. The van der Waals surface area contributed by atoms with Gasteiger partial charge in [0.15, 0.2) is 5.78 Å². The third kappa shape index (κ3) is 3.37. The number of rotatable bonds is 5. The van der Waals surface area contributed by atoms with Crippen LogP contribution in [0.3, 0.4) is 0 Å². The van der Waals surface area contributed by atoms with Gasteiger partial charge < -0.3 is 0 Å². The second-order valence-electron chi connectivity index (χ2n) is 3.21. The van der Waals surface area contributed by atoms with Gasteiger partial charge in [0, 0.05) is 12.0 Å². The third-order valence-corrected chi connectivity index (χ3v) is 2.88. The van der Waals surface area contributed by atoms with Crippen LogP contribution in [0.2, 0.25) is 10.0 Å². The zero-order valence-electron chi connectivity index (χ0n) is 8.30. The van der Waals surface area contributed by atoms with Gasteiger partial charge >= 0.3 is 0 Å². The number of hydrogen-bond donors (Lipinski definition) is 0. The molecule has 1 nitrogen and oxygen atoms in total. The van der Waals surface area contributed by atoms with E-state index >= 15 is 0 Å². The normalized spacial score (nSPS) is 10.0. The van der Waals surface area contributed by atoms with Crippen molar-refractivity contribution in [2.45, 2.75) is 19.3 Å². The molecule has 0 saturated heterocycles. The lowest BCUT2D eigenvalue weighted by Crippen LogP contribution is -1.99. The summed E-state index contributed by atoms with van der Waals surface area (Å²) in [5.41, 5.74) is 0.508. The standard InChI is InChI=1S/C12H12Cl2O/c1-2-3-4-8-11(15)9-6-5-7-10(13)12(9)14/h2,5-7H,1,3-4,8H2. The van der Waals surface area contributed by atoms with E-state index in [0.29, 0.717) is 22.0 Å². The van der Waals surface area contributed by atoms with E-state index < -0.39 is 0 Å². The topological polar surface area (TPSA) is 17.1 Å². The van der Waals surface area contributed by atoms with E-state index in [1.54, 1.807) is 24.3 Å². The molecule has 3 heteroatoms. The van der Waals surface area contributed by atoms with E-state index in [4.69, 9.17) is 23.2 Å². The van der Waals surface area contributed by atoms with Crippen molar-refractivity contribution in [2.75, 3.05) is 0 Å². The fraction of sp³-hybridized carbons (Fsp3) is 0.250. The van der Waals surface area contributed by atoms with Crippen LogP contribution in [0.25, 0.3) is 0 Å². The number of allylic oxidation sites excluding steroid dienone is 1. The fourth-order valence-corrected chi connectivity index (χ4v) is 1.67. The Morgan fingerprint density at radius 3 is 2.80 bits per heavy atom. The minimum absolute atomic E-state index is 0.0318. The number of halogens is 2. The highest BCUT2D eigenvalue weighted by atomic mass is 35.5. The molecule has 0 fully saturated rings. The van der Waals surface area contributed by atoms with Gasteiger partial charge in [0.05, 0.1) is 10.0 Å². The van der Waals surface area contributed by atoms with E-state index in [0.717, 1.165) is 12.8 Å². The van der Waals surface area contributed by atoms with Crippen molar-refractivity contribution in [3.63, 3.8) is 0 Å². The number of carbonyl (C=O) groups is 1. The molecule has 0 N–H and O–H groups in total. The van der Waals surface area contributed by atoms with E-state index in [1.807, 2.05) is 0 Å². The number of unbranched alkanes of at least 4 members (excludes halogenated alkanes) is 1. The first-order valence-electron chi connectivity index (χ1n) is 4.75. The van der Waals surface area contributed by atoms with Crippen LogP contribution in [-0.2, 0) is 0 Å². The molecule has 0 radical (unpaired) electrons. The van der Waals surface area contributed by atoms with Gasteiger partial charge in [-0.1, -0.05) is 35.3 Å². The Morgan fingerprint density at radius 1 is 1.40 bits per heavy atom. The van der Waals surface area contributed by atoms with Crippen molar-refractivity contribution in [3.05, 3.63) is 46.5 Å². The Kier molecular flexibility index (Phi) is 4.86. The predicted molar refractivity (Wildman–Crippen MR) is 64.8 cm³/mol. The quantitative estimate of drug-likeness (QED) is 0.421. The minimum atomic E-state index is 0.0318. The molecule has 0 saturated carbocycles. The molecule has 1 aromatic rings. The zero-order valence-corrected chi connectivity index (χ0v) is 9.81. The molecule has 1 aromatic carbocycles. The Labute approximate surface area is 99.7 Å². The molecule has 1 rings (SSSR count). The van der Waals surface area contributed by atoms with Crippen molar-refractivity contribution in [2.24, 2.45) is 0 Å². The molecule has 0 amide bonds. The molecule has 80 valence electrons. The first-order chi connectivity index (χ1) is 7.16. The summed E-state index contributed by atoms with van der Waals surface area (Å²) in [6.07, 6.45) is 3.91.